The first-order valence-electron chi connectivity index (χ1n) is 8.21. The zero-order chi connectivity index (χ0) is 17.3. The molecule has 4 nitrogen and oxygen atoms in total. The molecule has 1 fully saturated rings. The van der Waals surface area contributed by atoms with Crippen molar-refractivity contribution in [2.75, 3.05) is 14.2 Å². The van der Waals surface area contributed by atoms with Gasteiger partial charge >= 0.3 is 0 Å². The van der Waals surface area contributed by atoms with E-state index in [0.717, 1.165) is 16.9 Å². The second-order valence-corrected chi connectivity index (χ2v) is 6.40. The minimum Gasteiger partial charge on any atom is -0.508 e. The van der Waals surface area contributed by atoms with Crippen LogP contribution in [-0.4, -0.2) is 19.3 Å². The van der Waals surface area contributed by atoms with Gasteiger partial charge in [-0.2, -0.15) is 0 Å². The zero-order valence-electron chi connectivity index (χ0n) is 14.5. The van der Waals surface area contributed by atoms with Crippen LogP contribution in [0.1, 0.15) is 37.2 Å². The molecule has 0 radical (unpaired) electrons. The Hall–Kier alpha value is -2.20. The van der Waals surface area contributed by atoms with Gasteiger partial charge in [0.25, 0.3) is 0 Å². The van der Waals surface area contributed by atoms with E-state index in [1.807, 2.05) is 30.3 Å². The number of ether oxygens (including phenoxy) is 3. The molecule has 3 rings (SSSR count). The number of benzene rings is 2. The number of phenols is 1. The summed E-state index contributed by atoms with van der Waals surface area (Å²) in [4.78, 5) is 0. The zero-order valence-corrected chi connectivity index (χ0v) is 14.5. The largest absolute Gasteiger partial charge is 0.508 e. The van der Waals surface area contributed by atoms with Crippen LogP contribution in [0.25, 0.3) is 0 Å². The van der Waals surface area contributed by atoms with Gasteiger partial charge in [-0.3, -0.25) is 0 Å². The molecular formula is C20H24O4. The average molecular weight is 328 g/mol. The molecule has 0 spiro atoms. The smallest absolute Gasteiger partial charge is 0.161 e. The minimum absolute atomic E-state index is 0.00129. The van der Waals surface area contributed by atoms with E-state index in [-0.39, 0.29) is 18.0 Å². The predicted octanol–water partition coefficient (Wildman–Crippen LogP) is 4.49. The topological polar surface area (TPSA) is 47.9 Å². The second kappa shape index (κ2) is 6.73. The Bertz CT molecular complexity index is 695. The lowest BCUT2D eigenvalue weighted by molar-refractivity contribution is 0.0289. The maximum Gasteiger partial charge on any atom is 0.161 e. The Morgan fingerprint density at radius 3 is 1.92 bits per heavy atom. The molecular weight excluding hydrogens is 304 g/mol. The fourth-order valence-corrected chi connectivity index (χ4v) is 3.42. The predicted molar refractivity (Wildman–Crippen MR) is 92.5 cm³/mol. The van der Waals surface area contributed by atoms with E-state index in [0.29, 0.717) is 17.6 Å². The van der Waals surface area contributed by atoms with Crippen molar-refractivity contribution in [1.82, 2.24) is 0 Å². The minimum atomic E-state index is -0.00129. The van der Waals surface area contributed by atoms with E-state index >= 15 is 0 Å². The Morgan fingerprint density at radius 1 is 0.792 bits per heavy atom. The van der Waals surface area contributed by atoms with E-state index < -0.39 is 0 Å². The lowest BCUT2D eigenvalue weighted by Crippen LogP contribution is -2.10. The van der Waals surface area contributed by atoms with Crippen LogP contribution in [0.3, 0.4) is 0 Å². The molecule has 0 saturated carbocycles. The van der Waals surface area contributed by atoms with Crippen molar-refractivity contribution in [1.29, 1.82) is 0 Å². The van der Waals surface area contributed by atoms with Crippen molar-refractivity contribution in [2.45, 2.75) is 26.1 Å². The number of hydrogen-bond acceptors (Lipinski definition) is 4. The summed E-state index contributed by atoms with van der Waals surface area (Å²) in [6.45, 7) is 4.43. The SMILES string of the molecule is COc1ccc([C@@H]2O[C@H](c3ccc(O)cc3)[C@@H](C)[C@@H]2C)cc1OC. The highest BCUT2D eigenvalue weighted by Gasteiger charge is 2.40. The van der Waals surface area contributed by atoms with Gasteiger partial charge in [0.05, 0.1) is 26.4 Å². The van der Waals surface area contributed by atoms with Crippen LogP contribution in [0.2, 0.25) is 0 Å². The molecule has 24 heavy (non-hydrogen) atoms. The first-order chi connectivity index (χ1) is 11.5. The second-order valence-electron chi connectivity index (χ2n) is 6.40. The van der Waals surface area contributed by atoms with Crippen molar-refractivity contribution in [3.8, 4) is 17.2 Å². The number of methoxy groups -OCH3 is 2. The Morgan fingerprint density at radius 2 is 1.33 bits per heavy atom. The van der Waals surface area contributed by atoms with Gasteiger partial charge < -0.3 is 19.3 Å². The lowest BCUT2D eigenvalue weighted by atomic mass is 9.85. The van der Waals surface area contributed by atoms with Gasteiger partial charge in [0.15, 0.2) is 11.5 Å². The molecule has 0 aliphatic carbocycles. The Labute approximate surface area is 143 Å². The average Bonchev–Trinajstić information content (AvgIpc) is 2.90. The molecule has 128 valence electrons. The van der Waals surface area contributed by atoms with Gasteiger partial charge in [-0.05, 0) is 47.2 Å². The molecule has 0 unspecified atom stereocenters. The number of rotatable bonds is 4. The summed E-state index contributed by atoms with van der Waals surface area (Å²) in [7, 11) is 3.28. The highest BCUT2D eigenvalue weighted by Crippen LogP contribution is 2.49. The third-order valence-corrected chi connectivity index (χ3v) is 5.04. The highest BCUT2D eigenvalue weighted by atomic mass is 16.5. The Balaban J connectivity index is 1.88. The van der Waals surface area contributed by atoms with Crippen molar-refractivity contribution in [3.63, 3.8) is 0 Å². The van der Waals surface area contributed by atoms with Gasteiger partial charge in [0.1, 0.15) is 5.75 Å². The highest BCUT2D eigenvalue weighted by molar-refractivity contribution is 5.44. The summed E-state index contributed by atoms with van der Waals surface area (Å²) in [5.41, 5.74) is 2.18. The van der Waals surface area contributed by atoms with Crippen LogP contribution >= 0.6 is 0 Å². The number of phenolic OH excluding ortho intramolecular Hbond substituents is 1. The molecule has 2 aromatic carbocycles. The monoisotopic (exact) mass is 328 g/mol. The third kappa shape index (κ3) is 2.94. The summed E-state index contributed by atoms with van der Waals surface area (Å²) in [6.07, 6.45) is 0.0114. The van der Waals surface area contributed by atoms with Gasteiger partial charge in [0, 0.05) is 0 Å². The maximum absolute atomic E-state index is 9.49. The van der Waals surface area contributed by atoms with Gasteiger partial charge in [-0.25, -0.2) is 0 Å². The van der Waals surface area contributed by atoms with Gasteiger partial charge in [-0.15, -0.1) is 0 Å². The van der Waals surface area contributed by atoms with Crippen molar-refractivity contribution < 1.29 is 19.3 Å². The Kier molecular flexibility index (Phi) is 4.67. The van der Waals surface area contributed by atoms with E-state index in [1.165, 1.54) is 0 Å². The molecule has 1 aliphatic heterocycles. The number of aromatic hydroxyl groups is 1. The quantitative estimate of drug-likeness (QED) is 0.898. The lowest BCUT2D eigenvalue weighted by Gasteiger charge is -2.18. The fraction of sp³-hybridized carbons (Fsp3) is 0.400. The molecule has 4 atom stereocenters. The number of hydrogen-bond donors (Lipinski definition) is 1. The van der Waals surface area contributed by atoms with Crippen molar-refractivity contribution >= 4 is 0 Å². The summed E-state index contributed by atoms with van der Waals surface area (Å²) in [6, 6.07) is 13.2. The van der Waals surface area contributed by atoms with Gasteiger partial charge in [0.2, 0.25) is 0 Å². The molecule has 1 N–H and O–H groups in total. The third-order valence-electron chi connectivity index (χ3n) is 5.04. The van der Waals surface area contributed by atoms with Crippen LogP contribution in [0.5, 0.6) is 17.2 Å². The molecule has 0 amide bonds. The first-order valence-corrected chi connectivity index (χ1v) is 8.21. The van der Waals surface area contributed by atoms with E-state index in [4.69, 9.17) is 14.2 Å². The molecule has 4 heteroatoms. The van der Waals surface area contributed by atoms with Gasteiger partial charge in [-0.1, -0.05) is 32.0 Å². The van der Waals surface area contributed by atoms with Crippen LogP contribution in [-0.2, 0) is 4.74 Å². The molecule has 0 bridgehead atoms. The van der Waals surface area contributed by atoms with E-state index in [9.17, 15) is 5.11 Å². The van der Waals surface area contributed by atoms with Crippen LogP contribution < -0.4 is 9.47 Å². The normalized spacial score (nSPS) is 26.3. The van der Waals surface area contributed by atoms with Crippen LogP contribution in [0, 0.1) is 11.8 Å². The van der Waals surface area contributed by atoms with Crippen LogP contribution in [0.4, 0.5) is 0 Å². The summed E-state index contributed by atoms with van der Waals surface area (Å²) < 4.78 is 17.1. The first kappa shape index (κ1) is 16.7. The molecule has 1 saturated heterocycles. The molecule has 0 aromatic heterocycles. The standard InChI is InChI=1S/C20H24O4/c1-12-13(2)20(15-7-10-17(22-3)18(11-15)23-4)24-19(12)14-5-8-16(21)9-6-14/h5-13,19-21H,1-4H3/t12-,13-,19-,20+/m0/s1. The summed E-state index contributed by atoms with van der Waals surface area (Å²) >= 11 is 0. The van der Waals surface area contributed by atoms with Crippen molar-refractivity contribution in [3.05, 3.63) is 53.6 Å². The van der Waals surface area contributed by atoms with E-state index in [1.54, 1.807) is 26.4 Å². The summed E-state index contributed by atoms with van der Waals surface area (Å²) in [5, 5.41) is 9.49. The molecule has 1 heterocycles. The van der Waals surface area contributed by atoms with Crippen molar-refractivity contribution in [2.24, 2.45) is 11.8 Å². The van der Waals surface area contributed by atoms with E-state index in [2.05, 4.69) is 13.8 Å². The fourth-order valence-electron chi connectivity index (χ4n) is 3.42. The molecule has 2 aromatic rings. The molecule has 1 aliphatic rings. The van der Waals surface area contributed by atoms with Crippen LogP contribution in [0.15, 0.2) is 42.5 Å². The maximum atomic E-state index is 9.49. The summed E-state index contributed by atoms with van der Waals surface area (Å²) in [5.74, 6) is 2.44.